The fourth-order valence-electron chi connectivity index (χ4n) is 2.91. The third-order valence-corrected chi connectivity index (χ3v) is 4.29. The third-order valence-electron chi connectivity index (χ3n) is 3.86. The Bertz CT molecular complexity index is 508. The number of alkyl carbamates (subject to hydrolysis) is 1. The second kappa shape index (κ2) is 7.44. The Morgan fingerprint density at radius 2 is 2.09 bits per heavy atom. The Morgan fingerprint density at radius 3 is 2.68 bits per heavy atom. The molecule has 1 heterocycles. The Hall–Kier alpha value is -1.10. The molecule has 0 aliphatic heterocycles. The molecule has 1 saturated carbocycles. The van der Waals surface area contributed by atoms with Gasteiger partial charge in [0.25, 0.3) is 0 Å². The van der Waals surface area contributed by atoms with Gasteiger partial charge < -0.3 is 10.1 Å². The van der Waals surface area contributed by atoms with Crippen LogP contribution in [0.2, 0.25) is 0 Å². The zero-order valence-electron chi connectivity index (χ0n) is 13.6. The van der Waals surface area contributed by atoms with Crippen molar-refractivity contribution in [3.8, 4) is 0 Å². The lowest BCUT2D eigenvalue weighted by Crippen LogP contribution is -2.43. The van der Waals surface area contributed by atoms with E-state index in [4.69, 9.17) is 4.74 Å². The van der Waals surface area contributed by atoms with E-state index in [1.165, 1.54) is 12.8 Å². The van der Waals surface area contributed by atoms with E-state index in [2.05, 4.69) is 26.2 Å². The van der Waals surface area contributed by atoms with Crippen molar-refractivity contribution in [1.29, 1.82) is 0 Å². The lowest BCUT2D eigenvalue weighted by molar-refractivity contribution is 0.0583. The van der Waals surface area contributed by atoms with E-state index in [-0.39, 0.29) is 17.7 Å². The summed E-state index contributed by atoms with van der Waals surface area (Å²) < 4.78 is 6.71. The van der Waals surface area contributed by atoms with Crippen LogP contribution >= 0.6 is 15.9 Å². The number of rotatable bonds is 4. The van der Waals surface area contributed by atoms with Crippen molar-refractivity contribution in [2.45, 2.75) is 64.5 Å². The maximum absolute atomic E-state index is 12.1. The number of carbonyl (C=O) groups is 1. The van der Waals surface area contributed by atoms with Gasteiger partial charge in [0.2, 0.25) is 0 Å². The number of aromatic nitrogens is 1. The molecule has 0 bridgehead atoms. The normalized spacial score (nSPS) is 17.3. The lowest BCUT2D eigenvalue weighted by atomic mass is 9.95. The first-order valence-corrected chi connectivity index (χ1v) is 8.71. The summed E-state index contributed by atoms with van der Waals surface area (Å²) in [6, 6.07) is 2.04. The van der Waals surface area contributed by atoms with Crippen LogP contribution in [-0.4, -0.2) is 22.7 Å². The predicted molar refractivity (Wildman–Crippen MR) is 90.8 cm³/mol. The van der Waals surface area contributed by atoms with Crippen LogP contribution in [0.25, 0.3) is 0 Å². The summed E-state index contributed by atoms with van der Waals surface area (Å²) >= 11 is 3.44. The topological polar surface area (TPSA) is 51.2 Å². The number of halogens is 1. The molecule has 5 heteroatoms. The number of pyridine rings is 1. The number of carbonyl (C=O) groups excluding carboxylic acids is 1. The first kappa shape index (κ1) is 17.3. The lowest BCUT2D eigenvalue weighted by Gasteiger charge is -2.27. The van der Waals surface area contributed by atoms with Gasteiger partial charge in [-0.25, -0.2) is 4.79 Å². The standard InChI is InChI=1S/C17H25BrN2O2/c1-17(2,3)20-16(21)22-15(13-6-4-5-7-13)9-12-8-14(18)11-19-10-12/h8,10-11,13,15H,4-7,9H2,1-3H3,(H,20,21). The van der Waals surface area contributed by atoms with Gasteiger partial charge in [-0.05, 0) is 67.1 Å². The van der Waals surface area contributed by atoms with Gasteiger partial charge in [0, 0.05) is 28.8 Å². The Kier molecular flexibility index (Phi) is 5.84. The van der Waals surface area contributed by atoms with Crippen molar-refractivity contribution in [3.05, 3.63) is 28.5 Å². The molecule has 2 rings (SSSR count). The molecule has 0 saturated heterocycles. The zero-order chi connectivity index (χ0) is 16.2. The summed E-state index contributed by atoms with van der Waals surface area (Å²) in [6.45, 7) is 5.87. The zero-order valence-corrected chi connectivity index (χ0v) is 15.1. The first-order valence-electron chi connectivity index (χ1n) is 7.92. The summed E-state index contributed by atoms with van der Waals surface area (Å²) in [5, 5.41) is 2.88. The van der Waals surface area contributed by atoms with E-state index < -0.39 is 0 Å². The maximum atomic E-state index is 12.1. The maximum Gasteiger partial charge on any atom is 0.407 e. The molecule has 0 aromatic carbocycles. The SMILES string of the molecule is CC(C)(C)NC(=O)OC(Cc1cncc(Br)c1)C1CCCC1. The van der Waals surface area contributed by atoms with Gasteiger partial charge in [-0.15, -0.1) is 0 Å². The molecule has 1 aliphatic rings. The molecule has 122 valence electrons. The van der Waals surface area contributed by atoms with Gasteiger partial charge in [0.15, 0.2) is 0 Å². The molecule has 1 N–H and O–H groups in total. The van der Waals surface area contributed by atoms with E-state index >= 15 is 0 Å². The summed E-state index contributed by atoms with van der Waals surface area (Å²) in [5.74, 6) is 0.449. The third kappa shape index (κ3) is 5.59. The molecule has 0 spiro atoms. The summed E-state index contributed by atoms with van der Waals surface area (Å²) in [7, 11) is 0. The highest BCUT2D eigenvalue weighted by Gasteiger charge is 2.29. The highest BCUT2D eigenvalue weighted by Crippen LogP contribution is 2.31. The number of nitrogens with zero attached hydrogens (tertiary/aromatic N) is 1. The van der Waals surface area contributed by atoms with Gasteiger partial charge in [0.05, 0.1) is 0 Å². The largest absolute Gasteiger partial charge is 0.446 e. The first-order chi connectivity index (χ1) is 10.3. The molecule has 1 aromatic rings. The molecule has 1 fully saturated rings. The van der Waals surface area contributed by atoms with Crippen LogP contribution in [0.15, 0.2) is 22.9 Å². The smallest absolute Gasteiger partial charge is 0.407 e. The van der Waals surface area contributed by atoms with Crippen molar-refractivity contribution < 1.29 is 9.53 Å². The van der Waals surface area contributed by atoms with Crippen LogP contribution in [-0.2, 0) is 11.2 Å². The van der Waals surface area contributed by atoms with Crippen molar-refractivity contribution in [1.82, 2.24) is 10.3 Å². The van der Waals surface area contributed by atoms with E-state index in [0.717, 1.165) is 22.9 Å². The van der Waals surface area contributed by atoms with Crippen molar-refractivity contribution in [2.24, 2.45) is 5.92 Å². The Morgan fingerprint density at radius 1 is 1.41 bits per heavy atom. The highest BCUT2D eigenvalue weighted by molar-refractivity contribution is 9.10. The van der Waals surface area contributed by atoms with Gasteiger partial charge in [0.1, 0.15) is 6.10 Å². The quantitative estimate of drug-likeness (QED) is 0.852. The number of ether oxygens (including phenoxy) is 1. The van der Waals surface area contributed by atoms with Crippen molar-refractivity contribution >= 4 is 22.0 Å². The predicted octanol–water partition coefficient (Wildman–Crippen LogP) is 4.47. The van der Waals surface area contributed by atoms with Crippen LogP contribution < -0.4 is 5.32 Å². The second-order valence-corrected chi connectivity index (χ2v) is 7.99. The summed E-state index contributed by atoms with van der Waals surface area (Å²) in [4.78, 5) is 16.3. The summed E-state index contributed by atoms with van der Waals surface area (Å²) in [6.07, 6.45) is 8.63. The number of hydrogen-bond donors (Lipinski definition) is 1. The molecule has 1 amide bonds. The number of nitrogens with one attached hydrogen (secondary N) is 1. The minimum Gasteiger partial charge on any atom is -0.446 e. The van der Waals surface area contributed by atoms with Gasteiger partial charge in [-0.2, -0.15) is 0 Å². The minimum absolute atomic E-state index is 0.0825. The van der Waals surface area contributed by atoms with E-state index in [0.29, 0.717) is 12.3 Å². The molecule has 1 atom stereocenters. The molecule has 4 nitrogen and oxygen atoms in total. The molecule has 0 radical (unpaired) electrons. The Labute approximate surface area is 141 Å². The van der Waals surface area contributed by atoms with E-state index in [1.807, 2.05) is 33.0 Å². The van der Waals surface area contributed by atoms with Crippen molar-refractivity contribution in [2.75, 3.05) is 0 Å². The monoisotopic (exact) mass is 368 g/mol. The van der Waals surface area contributed by atoms with Gasteiger partial charge in [-0.1, -0.05) is 12.8 Å². The molecule has 22 heavy (non-hydrogen) atoms. The number of hydrogen-bond acceptors (Lipinski definition) is 3. The van der Waals surface area contributed by atoms with Crippen LogP contribution in [0, 0.1) is 5.92 Å². The van der Waals surface area contributed by atoms with Crippen LogP contribution in [0.5, 0.6) is 0 Å². The van der Waals surface area contributed by atoms with Gasteiger partial charge >= 0.3 is 6.09 Å². The molecular formula is C17H25BrN2O2. The average molecular weight is 369 g/mol. The molecule has 1 aromatic heterocycles. The van der Waals surface area contributed by atoms with Crippen LogP contribution in [0.3, 0.4) is 0 Å². The Balaban J connectivity index is 2.04. The molecule has 1 unspecified atom stereocenters. The second-order valence-electron chi connectivity index (χ2n) is 7.08. The molecule has 1 aliphatic carbocycles. The number of amides is 1. The van der Waals surface area contributed by atoms with Crippen LogP contribution in [0.1, 0.15) is 52.0 Å². The fraction of sp³-hybridized carbons (Fsp3) is 0.647. The van der Waals surface area contributed by atoms with Gasteiger partial charge in [-0.3, -0.25) is 4.98 Å². The van der Waals surface area contributed by atoms with E-state index in [1.54, 1.807) is 6.20 Å². The molecular weight excluding hydrogens is 344 g/mol. The van der Waals surface area contributed by atoms with Crippen LogP contribution in [0.4, 0.5) is 4.79 Å². The average Bonchev–Trinajstić information content (AvgIpc) is 2.89. The van der Waals surface area contributed by atoms with Crippen molar-refractivity contribution in [3.63, 3.8) is 0 Å². The fourth-order valence-corrected chi connectivity index (χ4v) is 3.32. The van der Waals surface area contributed by atoms with E-state index in [9.17, 15) is 4.79 Å². The minimum atomic E-state index is -0.327. The summed E-state index contributed by atoms with van der Waals surface area (Å²) in [5.41, 5.74) is 0.809. The highest BCUT2D eigenvalue weighted by atomic mass is 79.9.